The Balaban J connectivity index is 1.72. The number of amides is 2. The first-order valence-electron chi connectivity index (χ1n) is 7.73. The Morgan fingerprint density at radius 1 is 1.23 bits per heavy atom. The second-order valence-electron chi connectivity index (χ2n) is 5.94. The van der Waals surface area contributed by atoms with E-state index >= 15 is 0 Å². The van der Waals surface area contributed by atoms with Crippen LogP contribution in [0.1, 0.15) is 23.5 Å². The average Bonchev–Trinajstić information content (AvgIpc) is 2.58. The van der Waals surface area contributed by atoms with E-state index in [4.69, 9.17) is 5.14 Å². The molecule has 3 rings (SSSR count). The minimum absolute atomic E-state index is 0.0208. The van der Waals surface area contributed by atoms with Gasteiger partial charge in [0.05, 0.1) is 10.8 Å². The summed E-state index contributed by atoms with van der Waals surface area (Å²) in [5, 5.41) is 10.3. The molecule has 2 aromatic rings. The lowest BCUT2D eigenvalue weighted by Crippen LogP contribution is -2.34. The molecule has 0 spiro atoms. The summed E-state index contributed by atoms with van der Waals surface area (Å²) in [5.74, 6) is -1.95. The van der Waals surface area contributed by atoms with E-state index in [1.165, 1.54) is 42.5 Å². The number of carbonyl (C=O) groups is 2. The number of sulfonamides is 1. The fourth-order valence-corrected chi connectivity index (χ4v) is 3.30. The maximum absolute atomic E-state index is 13.3. The zero-order chi connectivity index (χ0) is 18.9. The fourth-order valence-electron chi connectivity index (χ4n) is 2.78. The van der Waals surface area contributed by atoms with Crippen molar-refractivity contribution in [2.45, 2.75) is 23.8 Å². The van der Waals surface area contributed by atoms with Gasteiger partial charge in [0, 0.05) is 18.7 Å². The van der Waals surface area contributed by atoms with Crippen molar-refractivity contribution in [1.82, 2.24) is 5.32 Å². The number of primary sulfonamides is 1. The summed E-state index contributed by atoms with van der Waals surface area (Å²) in [6, 6.07) is 9.68. The normalized spacial score (nSPS) is 16.5. The summed E-state index contributed by atoms with van der Waals surface area (Å²) in [4.78, 5) is 24.2. The van der Waals surface area contributed by atoms with Crippen molar-refractivity contribution in [3.8, 4) is 0 Å². The smallest absolute Gasteiger partial charge is 0.238 e. The number of hydrogen-bond donors (Lipinski definition) is 3. The molecular weight excluding hydrogens is 361 g/mol. The van der Waals surface area contributed by atoms with Crippen LogP contribution < -0.4 is 15.8 Å². The molecule has 1 aliphatic heterocycles. The first-order valence-corrected chi connectivity index (χ1v) is 9.27. The van der Waals surface area contributed by atoms with Crippen LogP contribution in [0.15, 0.2) is 47.4 Å². The molecule has 0 saturated carbocycles. The number of carbonyl (C=O) groups excluding carboxylic acids is 2. The van der Waals surface area contributed by atoms with E-state index in [0.29, 0.717) is 16.8 Å². The van der Waals surface area contributed by atoms with Gasteiger partial charge < -0.3 is 10.6 Å². The average molecular weight is 377 g/mol. The Morgan fingerprint density at radius 2 is 1.92 bits per heavy atom. The number of rotatable bonds is 4. The standard InChI is InChI=1S/C17H16FN3O4S/c18-11-3-6-13-14(8-16(22)21-15(13)7-11)17(23)20-9-10-1-4-12(5-2-10)26(19,24)25/h1-7,14H,8-9H2,(H,20,23)(H,21,22)(H2,19,24,25)/t14-/m0/s1. The molecule has 7 nitrogen and oxygen atoms in total. The molecule has 4 N–H and O–H groups in total. The van der Waals surface area contributed by atoms with Crippen LogP contribution in [0.25, 0.3) is 0 Å². The van der Waals surface area contributed by atoms with Gasteiger partial charge in [0.25, 0.3) is 0 Å². The third-order valence-electron chi connectivity index (χ3n) is 4.09. The Labute approximate surface area is 149 Å². The molecule has 26 heavy (non-hydrogen) atoms. The molecule has 0 fully saturated rings. The van der Waals surface area contributed by atoms with Crippen molar-refractivity contribution in [2.75, 3.05) is 5.32 Å². The summed E-state index contributed by atoms with van der Waals surface area (Å²) < 4.78 is 35.8. The van der Waals surface area contributed by atoms with Crippen LogP contribution in [0.2, 0.25) is 0 Å². The molecule has 9 heteroatoms. The lowest BCUT2D eigenvalue weighted by molar-refractivity contribution is -0.126. The van der Waals surface area contributed by atoms with Gasteiger partial charge in [-0.15, -0.1) is 0 Å². The van der Waals surface area contributed by atoms with E-state index in [-0.39, 0.29) is 29.7 Å². The lowest BCUT2D eigenvalue weighted by Gasteiger charge is -2.25. The van der Waals surface area contributed by atoms with E-state index in [1.54, 1.807) is 0 Å². The lowest BCUT2D eigenvalue weighted by atomic mass is 9.89. The summed E-state index contributed by atoms with van der Waals surface area (Å²) in [6.45, 7) is 0.151. The topological polar surface area (TPSA) is 118 Å². The summed E-state index contributed by atoms with van der Waals surface area (Å²) in [6.07, 6.45) is -0.0329. The van der Waals surface area contributed by atoms with Crippen molar-refractivity contribution < 1.29 is 22.4 Å². The minimum Gasteiger partial charge on any atom is -0.351 e. The Bertz CT molecular complexity index is 974. The quantitative estimate of drug-likeness (QED) is 0.742. The predicted molar refractivity (Wildman–Crippen MR) is 92.0 cm³/mol. The number of anilines is 1. The zero-order valence-corrected chi connectivity index (χ0v) is 14.3. The molecular formula is C17H16FN3O4S. The number of nitrogens with two attached hydrogens (primary N) is 1. The van der Waals surface area contributed by atoms with Gasteiger partial charge in [-0.25, -0.2) is 17.9 Å². The van der Waals surface area contributed by atoms with Crippen molar-refractivity contribution >= 4 is 27.5 Å². The predicted octanol–water partition coefficient (Wildman–Crippen LogP) is 1.22. The number of fused-ring (bicyclic) bond motifs is 1. The second-order valence-corrected chi connectivity index (χ2v) is 7.50. The van der Waals surface area contributed by atoms with Crippen LogP contribution in [0, 0.1) is 5.82 Å². The number of halogens is 1. The summed E-state index contributed by atoms with van der Waals surface area (Å²) in [5.41, 5.74) is 1.51. The molecule has 1 aliphatic rings. The van der Waals surface area contributed by atoms with Gasteiger partial charge in [0.1, 0.15) is 5.82 Å². The molecule has 2 amide bonds. The molecule has 0 unspecified atom stereocenters. The number of nitrogens with one attached hydrogen (secondary N) is 2. The van der Waals surface area contributed by atoms with Crippen LogP contribution >= 0.6 is 0 Å². The molecule has 0 saturated heterocycles. The third kappa shape index (κ3) is 3.89. The van der Waals surface area contributed by atoms with Gasteiger partial charge in [0.15, 0.2) is 0 Å². The minimum atomic E-state index is -3.77. The van der Waals surface area contributed by atoms with E-state index in [9.17, 15) is 22.4 Å². The Morgan fingerprint density at radius 3 is 2.58 bits per heavy atom. The highest BCUT2D eigenvalue weighted by molar-refractivity contribution is 7.89. The Kier molecular flexibility index (Phi) is 4.75. The van der Waals surface area contributed by atoms with Gasteiger partial charge in [-0.1, -0.05) is 18.2 Å². The Hall–Kier alpha value is -2.78. The number of hydrogen-bond acceptors (Lipinski definition) is 4. The van der Waals surface area contributed by atoms with E-state index in [1.807, 2.05) is 0 Å². The third-order valence-corrected chi connectivity index (χ3v) is 5.02. The monoisotopic (exact) mass is 377 g/mol. The second kappa shape index (κ2) is 6.85. The van der Waals surface area contributed by atoms with Gasteiger partial charge in [0.2, 0.25) is 21.8 Å². The highest BCUT2D eigenvalue weighted by atomic mass is 32.2. The largest absolute Gasteiger partial charge is 0.351 e. The van der Waals surface area contributed by atoms with E-state index < -0.39 is 21.8 Å². The van der Waals surface area contributed by atoms with Gasteiger partial charge >= 0.3 is 0 Å². The molecule has 0 radical (unpaired) electrons. The van der Waals surface area contributed by atoms with Crippen LogP contribution in [0.3, 0.4) is 0 Å². The maximum atomic E-state index is 13.3. The molecule has 0 aromatic heterocycles. The first-order chi connectivity index (χ1) is 12.2. The summed E-state index contributed by atoms with van der Waals surface area (Å²) in [7, 11) is -3.77. The van der Waals surface area contributed by atoms with Crippen molar-refractivity contribution in [2.24, 2.45) is 5.14 Å². The molecule has 0 bridgehead atoms. The van der Waals surface area contributed by atoms with Crippen LogP contribution in [-0.4, -0.2) is 20.2 Å². The van der Waals surface area contributed by atoms with Crippen molar-refractivity contribution in [3.63, 3.8) is 0 Å². The van der Waals surface area contributed by atoms with Crippen molar-refractivity contribution in [3.05, 3.63) is 59.4 Å². The maximum Gasteiger partial charge on any atom is 0.238 e. The van der Waals surface area contributed by atoms with Crippen LogP contribution in [0.5, 0.6) is 0 Å². The molecule has 0 aliphatic carbocycles. The van der Waals surface area contributed by atoms with E-state index in [2.05, 4.69) is 10.6 Å². The van der Waals surface area contributed by atoms with Gasteiger partial charge in [-0.05, 0) is 35.4 Å². The summed E-state index contributed by atoms with van der Waals surface area (Å²) >= 11 is 0. The SMILES string of the molecule is NS(=O)(=O)c1ccc(CNC(=O)[C@H]2CC(=O)Nc3cc(F)ccc32)cc1. The van der Waals surface area contributed by atoms with E-state index in [0.717, 1.165) is 0 Å². The molecule has 1 heterocycles. The highest BCUT2D eigenvalue weighted by Crippen LogP contribution is 2.32. The van der Waals surface area contributed by atoms with Gasteiger partial charge in [-0.3, -0.25) is 9.59 Å². The molecule has 136 valence electrons. The molecule has 2 aromatic carbocycles. The number of benzene rings is 2. The highest BCUT2D eigenvalue weighted by Gasteiger charge is 2.30. The van der Waals surface area contributed by atoms with Crippen molar-refractivity contribution in [1.29, 1.82) is 0 Å². The van der Waals surface area contributed by atoms with Crippen LogP contribution in [-0.2, 0) is 26.2 Å². The van der Waals surface area contributed by atoms with Gasteiger partial charge in [-0.2, -0.15) is 0 Å². The molecule has 1 atom stereocenters. The zero-order valence-electron chi connectivity index (χ0n) is 13.5. The van der Waals surface area contributed by atoms with Crippen LogP contribution in [0.4, 0.5) is 10.1 Å². The fraction of sp³-hybridized carbons (Fsp3) is 0.176. The first kappa shape index (κ1) is 18.0.